The molecule has 1 unspecified atom stereocenters. The molecule has 3 aliphatic carbocycles. The van der Waals surface area contributed by atoms with Gasteiger partial charge in [0.15, 0.2) is 11.4 Å². The number of fused-ring (bicyclic) bond motifs is 3. The number of aliphatic hydroxyl groups excluding tert-OH is 2. The summed E-state index contributed by atoms with van der Waals surface area (Å²) in [5.41, 5.74) is 4.79. The van der Waals surface area contributed by atoms with Crippen molar-refractivity contribution in [2.45, 2.75) is 44.9 Å². The molecular formula is C33H39N3O8. The van der Waals surface area contributed by atoms with Crippen LogP contribution in [0, 0.1) is 11.8 Å². The number of aliphatic hydroxyl groups is 3. The number of carbonyl (C=O) groups is 3. The average molecular weight is 606 g/mol. The molecule has 0 radical (unpaired) electrons. The van der Waals surface area contributed by atoms with E-state index in [1.807, 2.05) is 18.2 Å². The number of Topliss-reactive ketones (excluding diaryl/α,β-unsaturated/α-hetero) is 2. The van der Waals surface area contributed by atoms with E-state index < -0.39 is 58.0 Å². The number of carbonyl (C=O) groups excluding carboxylic acids is 3. The van der Waals surface area contributed by atoms with Crippen LogP contribution >= 0.6 is 0 Å². The van der Waals surface area contributed by atoms with Gasteiger partial charge in [-0.25, -0.2) is 0 Å². The van der Waals surface area contributed by atoms with Gasteiger partial charge in [-0.05, 0) is 80.8 Å². The lowest BCUT2D eigenvalue weighted by Gasteiger charge is -2.50. The van der Waals surface area contributed by atoms with E-state index >= 15 is 0 Å². The predicted octanol–water partition coefficient (Wildman–Crippen LogP) is 2.48. The van der Waals surface area contributed by atoms with Gasteiger partial charge in [-0.1, -0.05) is 26.0 Å². The highest BCUT2D eigenvalue weighted by atomic mass is 16.5. The molecule has 3 aliphatic rings. The van der Waals surface area contributed by atoms with Crippen LogP contribution in [0.5, 0.6) is 11.5 Å². The van der Waals surface area contributed by atoms with Crippen LogP contribution in [-0.2, 0) is 27.3 Å². The van der Waals surface area contributed by atoms with E-state index in [4.69, 9.17) is 10.5 Å². The van der Waals surface area contributed by atoms with E-state index in [0.717, 1.165) is 24.2 Å². The van der Waals surface area contributed by atoms with Crippen LogP contribution in [0.2, 0.25) is 0 Å². The number of hydrogen-bond acceptors (Lipinski definition) is 10. The van der Waals surface area contributed by atoms with Gasteiger partial charge in [-0.3, -0.25) is 24.2 Å². The molecule has 1 amide bonds. The van der Waals surface area contributed by atoms with Crippen molar-refractivity contribution >= 4 is 23.2 Å². The summed E-state index contributed by atoms with van der Waals surface area (Å²) in [5, 5.41) is 45.5. The second-order valence-electron chi connectivity index (χ2n) is 11.9. The molecule has 0 heterocycles. The number of ether oxygens (including phenoxy) is 1. The summed E-state index contributed by atoms with van der Waals surface area (Å²) in [6.45, 7) is 6.64. The number of hydrogen-bond donors (Lipinski definition) is 5. The van der Waals surface area contributed by atoms with Crippen molar-refractivity contribution in [2.75, 3.05) is 34.3 Å². The van der Waals surface area contributed by atoms with Crippen molar-refractivity contribution < 1.29 is 39.5 Å². The SMILES string of the molecule is CCN(CC)Cc1ccc(OC)c(-c2ccc(O)c3c2C[C@H]2C[C@H]4C(N(C)C)C(=O)C(C(N)=O)=C(O)[C@@]4(O)C(=O)C2=C3O)c1. The van der Waals surface area contributed by atoms with Gasteiger partial charge in [0.05, 0.1) is 18.7 Å². The number of aromatic hydroxyl groups is 1. The standard InChI is InChI=1S/C33H39N3O8/c1-6-36(7-2)15-16-8-11-23(44-5)19(12-16)18-9-10-22(37)25-20(18)13-17-14-21-27(35(3)4)29(39)26(32(34)42)31(41)33(21,43)30(40)24(17)28(25)38/h8-12,17,21,27,37-38,41,43H,6-7,13-15H2,1-5H3,(H2,34,42)/t17-,21-,27?,33-/m0/s1. The van der Waals surface area contributed by atoms with E-state index in [0.29, 0.717) is 23.4 Å². The third-order valence-electron chi connectivity index (χ3n) is 9.46. The summed E-state index contributed by atoms with van der Waals surface area (Å²) in [7, 11) is 4.70. The summed E-state index contributed by atoms with van der Waals surface area (Å²) in [5.74, 6) is -6.24. The first-order valence-corrected chi connectivity index (χ1v) is 14.7. The molecule has 1 fully saturated rings. The number of amides is 1. The maximum Gasteiger partial charge on any atom is 0.255 e. The number of nitrogens with two attached hydrogens (primary N) is 1. The molecule has 6 N–H and O–H groups in total. The van der Waals surface area contributed by atoms with Crippen LogP contribution in [0.3, 0.4) is 0 Å². The first-order valence-electron chi connectivity index (χ1n) is 14.7. The van der Waals surface area contributed by atoms with Gasteiger partial charge in [-0.2, -0.15) is 0 Å². The molecule has 0 aromatic heterocycles. The number of likely N-dealkylation sites (N-methyl/N-ethyl adjacent to an activating group) is 1. The van der Waals surface area contributed by atoms with Crippen LogP contribution in [0.15, 0.2) is 47.2 Å². The summed E-state index contributed by atoms with van der Waals surface area (Å²) < 4.78 is 5.71. The number of rotatable bonds is 8. The lowest BCUT2D eigenvalue weighted by atomic mass is 9.57. The zero-order chi connectivity index (χ0) is 32.2. The van der Waals surface area contributed by atoms with Gasteiger partial charge in [0, 0.05) is 23.6 Å². The summed E-state index contributed by atoms with van der Waals surface area (Å²) in [6, 6.07) is 7.91. The maximum atomic E-state index is 14.1. The minimum atomic E-state index is -2.68. The average Bonchev–Trinajstić information content (AvgIpc) is 2.97. The highest BCUT2D eigenvalue weighted by molar-refractivity contribution is 6.24. The summed E-state index contributed by atoms with van der Waals surface area (Å²) >= 11 is 0. The van der Waals surface area contributed by atoms with Crippen molar-refractivity contribution in [1.82, 2.24) is 9.80 Å². The Morgan fingerprint density at radius 1 is 1.07 bits per heavy atom. The topological polar surface area (TPSA) is 174 Å². The number of nitrogens with zero attached hydrogens (tertiary/aromatic N) is 2. The van der Waals surface area contributed by atoms with E-state index in [9.17, 15) is 34.8 Å². The smallest absolute Gasteiger partial charge is 0.255 e. The van der Waals surface area contributed by atoms with Crippen molar-refractivity contribution in [1.29, 1.82) is 0 Å². The molecule has 0 bridgehead atoms. The Bertz CT molecular complexity index is 1620. The van der Waals surface area contributed by atoms with Gasteiger partial charge in [0.1, 0.15) is 28.6 Å². The first kappa shape index (κ1) is 31.2. The lowest BCUT2D eigenvalue weighted by molar-refractivity contribution is -0.153. The summed E-state index contributed by atoms with van der Waals surface area (Å²) in [6.07, 6.45) is 0.196. The number of phenols is 1. The number of methoxy groups -OCH3 is 1. The van der Waals surface area contributed by atoms with Crippen molar-refractivity contribution in [3.8, 4) is 22.6 Å². The quantitative estimate of drug-likeness (QED) is 0.281. The fourth-order valence-corrected chi connectivity index (χ4v) is 7.27. The largest absolute Gasteiger partial charge is 0.508 e. The third kappa shape index (κ3) is 4.58. The highest BCUT2D eigenvalue weighted by Crippen LogP contribution is 2.54. The zero-order valence-corrected chi connectivity index (χ0v) is 25.5. The van der Waals surface area contributed by atoms with E-state index in [2.05, 4.69) is 18.7 Å². The molecule has 0 saturated heterocycles. The molecule has 44 heavy (non-hydrogen) atoms. The molecule has 2 aromatic rings. The van der Waals surface area contributed by atoms with Gasteiger partial charge in [0.25, 0.3) is 5.91 Å². The maximum absolute atomic E-state index is 14.1. The Hall–Kier alpha value is -4.19. The molecule has 5 rings (SSSR count). The normalized spacial score (nSPS) is 24.9. The molecule has 4 atom stereocenters. The Kier molecular flexibility index (Phi) is 8.08. The fraction of sp³-hybridized carbons (Fsp3) is 0.424. The van der Waals surface area contributed by atoms with Crippen molar-refractivity contribution in [2.24, 2.45) is 17.6 Å². The lowest BCUT2D eigenvalue weighted by Crippen LogP contribution is -2.65. The Labute approximate surface area is 255 Å². The molecule has 1 saturated carbocycles. The highest BCUT2D eigenvalue weighted by Gasteiger charge is 2.64. The monoisotopic (exact) mass is 605 g/mol. The number of ketones is 2. The van der Waals surface area contributed by atoms with Gasteiger partial charge in [0.2, 0.25) is 5.78 Å². The van der Waals surface area contributed by atoms with Gasteiger partial charge >= 0.3 is 0 Å². The van der Waals surface area contributed by atoms with Crippen LogP contribution in [0.1, 0.15) is 37.0 Å². The third-order valence-corrected chi connectivity index (χ3v) is 9.46. The second-order valence-corrected chi connectivity index (χ2v) is 11.9. The Morgan fingerprint density at radius 3 is 2.34 bits per heavy atom. The Balaban J connectivity index is 1.70. The Morgan fingerprint density at radius 2 is 1.75 bits per heavy atom. The van der Waals surface area contributed by atoms with E-state index in [1.54, 1.807) is 27.3 Å². The predicted molar refractivity (Wildman–Crippen MR) is 163 cm³/mol. The summed E-state index contributed by atoms with van der Waals surface area (Å²) in [4.78, 5) is 43.4. The molecule has 2 aromatic carbocycles. The van der Waals surface area contributed by atoms with Crippen LogP contribution in [-0.4, -0.2) is 93.6 Å². The first-order chi connectivity index (χ1) is 20.8. The van der Waals surface area contributed by atoms with Crippen LogP contribution < -0.4 is 10.5 Å². The molecule has 0 spiro atoms. The van der Waals surface area contributed by atoms with E-state index in [-0.39, 0.29) is 29.7 Å². The van der Waals surface area contributed by atoms with Crippen LogP contribution in [0.4, 0.5) is 0 Å². The van der Waals surface area contributed by atoms with Crippen molar-refractivity contribution in [3.63, 3.8) is 0 Å². The second kappa shape index (κ2) is 11.4. The molecule has 11 nitrogen and oxygen atoms in total. The minimum absolute atomic E-state index is 0.0139. The number of primary amides is 1. The number of benzene rings is 2. The molecule has 0 aliphatic heterocycles. The molecular weight excluding hydrogens is 566 g/mol. The van der Waals surface area contributed by atoms with E-state index in [1.165, 1.54) is 11.0 Å². The van der Waals surface area contributed by atoms with Crippen molar-refractivity contribution in [3.05, 3.63) is 63.9 Å². The number of phenolic OH excluding ortho intramolecular Hbond substituents is 1. The zero-order valence-electron chi connectivity index (χ0n) is 25.5. The molecule has 11 heteroatoms. The minimum Gasteiger partial charge on any atom is -0.508 e. The fourth-order valence-electron chi connectivity index (χ4n) is 7.27. The van der Waals surface area contributed by atoms with Gasteiger partial charge < -0.3 is 30.9 Å². The molecule has 234 valence electrons. The van der Waals surface area contributed by atoms with Crippen LogP contribution in [0.25, 0.3) is 16.9 Å². The van der Waals surface area contributed by atoms with Gasteiger partial charge in [-0.15, -0.1) is 0 Å².